The van der Waals surface area contributed by atoms with Crippen LogP contribution in [0.5, 0.6) is 5.75 Å². The Hall–Kier alpha value is -4.01. The molecule has 2 amide bonds. The summed E-state index contributed by atoms with van der Waals surface area (Å²) in [4.78, 5) is 40.6. The van der Waals surface area contributed by atoms with Gasteiger partial charge in [0.1, 0.15) is 17.2 Å². The van der Waals surface area contributed by atoms with Crippen molar-refractivity contribution in [2.75, 3.05) is 11.4 Å². The number of nitrogens with zero attached hydrogens (tertiary/aromatic N) is 2. The van der Waals surface area contributed by atoms with E-state index in [1.807, 2.05) is 24.3 Å². The number of aryl methyl sites for hydroxylation is 2. The number of aromatic nitrogens is 1. The van der Waals surface area contributed by atoms with Gasteiger partial charge in [-0.2, -0.15) is 0 Å². The Balaban J connectivity index is 1.50. The van der Waals surface area contributed by atoms with Crippen molar-refractivity contribution in [3.8, 4) is 5.75 Å². The van der Waals surface area contributed by atoms with Gasteiger partial charge in [0, 0.05) is 30.5 Å². The molecule has 2 aliphatic rings. The summed E-state index contributed by atoms with van der Waals surface area (Å²) >= 11 is 0. The predicted molar refractivity (Wildman–Crippen MR) is 125 cm³/mol. The van der Waals surface area contributed by atoms with E-state index in [2.05, 4.69) is 5.32 Å². The average Bonchev–Trinajstić information content (AvgIpc) is 2.80. The monoisotopic (exact) mass is 479 g/mol. The highest BCUT2D eigenvalue weighted by Gasteiger charge is 2.37. The second-order valence-corrected chi connectivity index (χ2v) is 8.96. The minimum Gasteiger partial charge on any atom is -0.503 e. The van der Waals surface area contributed by atoms with Gasteiger partial charge in [0.05, 0.1) is 6.04 Å². The van der Waals surface area contributed by atoms with Gasteiger partial charge in [-0.3, -0.25) is 14.4 Å². The fourth-order valence-corrected chi connectivity index (χ4v) is 4.90. The largest absolute Gasteiger partial charge is 0.503 e. The lowest BCUT2D eigenvalue weighted by Crippen LogP contribution is -2.46. The summed E-state index contributed by atoms with van der Waals surface area (Å²) in [5.74, 6) is -3.86. The van der Waals surface area contributed by atoms with E-state index in [1.54, 1.807) is 11.8 Å². The lowest BCUT2D eigenvalue weighted by atomic mass is 9.95. The molecule has 3 heterocycles. The van der Waals surface area contributed by atoms with Gasteiger partial charge in [0.25, 0.3) is 11.8 Å². The molecule has 180 valence electrons. The maximum Gasteiger partial charge on any atom is 0.279 e. The summed E-state index contributed by atoms with van der Waals surface area (Å²) in [5.41, 5.74) is 0.227. The smallest absolute Gasteiger partial charge is 0.279 e. The molecule has 1 unspecified atom stereocenters. The Morgan fingerprint density at radius 2 is 1.89 bits per heavy atom. The third kappa shape index (κ3) is 3.86. The van der Waals surface area contributed by atoms with Crippen LogP contribution in [0.4, 0.5) is 14.5 Å². The molecule has 3 aromatic rings. The van der Waals surface area contributed by atoms with Gasteiger partial charge in [-0.05, 0) is 55.5 Å². The molecular formula is C26H23F2N3O4. The number of halogens is 2. The molecule has 9 heteroatoms. The first kappa shape index (κ1) is 22.8. The van der Waals surface area contributed by atoms with Crippen molar-refractivity contribution in [3.05, 3.63) is 92.4 Å². The van der Waals surface area contributed by atoms with E-state index in [1.165, 1.54) is 10.8 Å². The highest BCUT2D eigenvalue weighted by Crippen LogP contribution is 2.36. The van der Waals surface area contributed by atoms with Crippen LogP contribution in [0.1, 0.15) is 56.4 Å². The maximum atomic E-state index is 14.2. The SMILES string of the molecule is Cc1cc(F)c(CNC(=O)c2cn3c(c(O)c2=O)C(=O)N2CC3CCCc3ccccc32)c(F)c1. The topological polar surface area (TPSA) is 91.6 Å². The number of hydrogen-bond donors (Lipinski definition) is 2. The Labute approximate surface area is 199 Å². The normalized spacial score (nSPS) is 16.7. The van der Waals surface area contributed by atoms with Crippen LogP contribution in [-0.4, -0.2) is 28.0 Å². The second-order valence-electron chi connectivity index (χ2n) is 8.96. The summed E-state index contributed by atoms with van der Waals surface area (Å²) in [6.45, 7) is 1.39. The number of pyridine rings is 1. The van der Waals surface area contributed by atoms with Gasteiger partial charge in [-0.15, -0.1) is 0 Å². The fourth-order valence-electron chi connectivity index (χ4n) is 4.90. The number of carbonyl (C=O) groups is 2. The van der Waals surface area contributed by atoms with E-state index in [0.717, 1.165) is 36.2 Å². The number of benzene rings is 2. The molecule has 7 nitrogen and oxygen atoms in total. The minimum atomic E-state index is -1.02. The number of anilines is 1. The van der Waals surface area contributed by atoms with E-state index in [-0.39, 0.29) is 17.3 Å². The number of rotatable bonds is 3. The summed E-state index contributed by atoms with van der Waals surface area (Å²) < 4.78 is 29.8. The van der Waals surface area contributed by atoms with Crippen LogP contribution in [-0.2, 0) is 13.0 Å². The zero-order chi connectivity index (χ0) is 24.9. The first-order chi connectivity index (χ1) is 16.8. The zero-order valence-corrected chi connectivity index (χ0v) is 19.0. The van der Waals surface area contributed by atoms with Crippen molar-refractivity contribution in [2.45, 2.75) is 38.8 Å². The lowest BCUT2D eigenvalue weighted by molar-refractivity contribution is 0.0927. The van der Waals surface area contributed by atoms with Gasteiger partial charge < -0.3 is 19.9 Å². The van der Waals surface area contributed by atoms with E-state index < -0.39 is 46.7 Å². The van der Waals surface area contributed by atoms with E-state index in [4.69, 9.17) is 0 Å². The van der Waals surface area contributed by atoms with Crippen molar-refractivity contribution >= 4 is 17.5 Å². The van der Waals surface area contributed by atoms with Crippen molar-refractivity contribution < 1.29 is 23.5 Å². The van der Waals surface area contributed by atoms with Crippen LogP contribution < -0.4 is 15.6 Å². The van der Waals surface area contributed by atoms with E-state index in [0.29, 0.717) is 18.5 Å². The molecule has 35 heavy (non-hydrogen) atoms. The molecule has 0 radical (unpaired) electrons. The van der Waals surface area contributed by atoms with E-state index in [9.17, 15) is 28.3 Å². The van der Waals surface area contributed by atoms with Crippen LogP contribution in [0.2, 0.25) is 0 Å². The van der Waals surface area contributed by atoms with Crippen LogP contribution in [0.3, 0.4) is 0 Å². The van der Waals surface area contributed by atoms with Crippen LogP contribution in [0.25, 0.3) is 0 Å². The predicted octanol–water partition coefficient (Wildman–Crippen LogP) is 3.61. The molecule has 5 rings (SSSR count). The quantitative estimate of drug-likeness (QED) is 0.601. The summed E-state index contributed by atoms with van der Waals surface area (Å²) in [7, 11) is 0. The van der Waals surface area contributed by atoms with Crippen LogP contribution in [0.15, 0.2) is 47.4 Å². The molecule has 1 aromatic heterocycles. The Morgan fingerprint density at radius 3 is 2.63 bits per heavy atom. The van der Waals surface area contributed by atoms with Gasteiger partial charge >= 0.3 is 0 Å². The molecule has 0 spiro atoms. The molecule has 2 aliphatic heterocycles. The first-order valence-electron chi connectivity index (χ1n) is 11.4. The number of amides is 2. The molecule has 0 fully saturated rings. The van der Waals surface area contributed by atoms with Gasteiger partial charge in [0.2, 0.25) is 5.43 Å². The zero-order valence-electron chi connectivity index (χ0n) is 19.0. The number of aromatic hydroxyl groups is 1. The van der Waals surface area contributed by atoms with Gasteiger partial charge in [0.15, 0.2) is 11.4 Å². The molecule has 1 atom stereocenters. The lowest BCUT2D eigenvalue weighted by Gasteiger charge is -2.39. The molecule has 2 bridgehead atoms. The van der Waals surface area contributed by atoms with Gasteiger partial charge in [-0.1, -0.05) is 18.2 Å². The Bertz CT molecular complexity index is 1410. The van der Waals surface area contributed by atoms with Crippen molar-refractivity contribution in [1.29, 1.82) is 0 Å². The average molecular weight is 479 g/mol. The number of fused-ring (bicyclic) bond motifs is 6. The molecular weight excluding hydrogens is 456 g/mol. The highest BCUT2D eigenvalue weighted by atomic mass is 19.1. The summed E-state index contributed by atoms with van der Waals surface area (Å²) in [6, 6.07) is 9.56. The molecule has 2 aromatic carbocycles. The van der Waals surface area contributed by atoms with Crippen molar-refractivity contribution in [3.63, 3.8) is 0 Å². The van der Waals surface area contributed by atoms with Crippen molar-refractivity contribution in [2.24, 2.45) is 0 Å². The van der Waals surface area contributed by atoms with Crippen LogP contribution >= 0.6 is 0 Å². The Morgan fingerprint density at radius 1 is 1.17 bits per heavy atom. The molecule has 0 saturated carbocycles. The number of para-hydroxylation sites is 1. The standard InChI is InChI=1S/C26H23F2N3O4/c1-14-9-19(27)17(20(28)10-14)11-29-25(34)18-13-30-16-7-4-6-15-5-2-3-8-21(15)31(12-16)26(35)22(30)24(33)23(18)32/h2-3,5,8-10,13,16,33H,4,6-7,11-12H2,1H3,(H,29,34). The Kier molecular flexibility index (Phi) is 5.62. The summed E-state index contributed by atoms with van der Waals surface area (Å²) in [6.07, 6.45) is 3.50. The number of hydrogen-bond acceptors (Lipinski definition) is 4. The highest BCUT2D eigenvalue weighted by molar-refractivity contribution is 6.08. The molecule has 2 N–H and O–H groups in total. The second kappa shape index (κ2) is 8.65. The maximum absolute atomic E-state index is 14.2. The fraction of sp³-hybridized carbons (Fsp3) is 0.269. The number of nitrogens with one attached hydrogen (secondary N) is 1. The molecule has 0 aliphatic carbocycles. The van der Waals surface area contributed by atoms with Gasteiger partial charge in [-0.25, -0.2) is 8.78 Å². The first-order valence-corrected chi connectivity index (χ1v) is 11.4. The molecule has 0 saturated heterocycles. The van der Waals surface area contributed by atoms with E-state index >= 15 is 0 Å². The summed E-state index contributed by atoms with van der Waals surface area (Å²) in [5, 5.41) is 13.1. The van der Waals surface area contributed by atoms with Crippen LogP contribution in [0, 0.1) is 18.6 Å². The third-order valence-electron chi connectivity index (χ3n) is 6.67. The van der Waals surface area contributed by atoms with Crippen molar-refractivity contribution in [1.82, 2.24) is 9.88 Å². The number of carbonyl (C=O) groups excluding carboxylic acids is 2. The third-order valence-corrected chi connectivity index (χ3v) is 6.67. The minimum absolute atomic E-state index is 0.171.